The maximum absolute atomic E-state index is 12.0. The van der Waals surface area contributed by atoms with E-state index in [1.807, 2.05) is 12.1 Å². The lowest BCUT2D eigenvalue weighted by atomic mass is 9.94. The third-order valence-electron chi connectivity index (χ3n) is 3.45. The van der Waals surface area contributed by atoms with Crippen molar-refractivity contribution in [3.8, 4) is 0 Å². The number of rotatable bonds is 3. The number of cyclic esters (lactones) is 1. The molecule has 0 bridgehead atoms. The quantitative estimate of drug-likeness (QED) is 0.846. The Kier molecular flexibility index (Phi) is 3.56. The highest BCUT2D eigenvalue weighted by Crippen LogP contribution is 2.37. The second kappa shape index (κ2) is 5.52. The molecule has 1 aliphatic rings. The van der Waals surface area contributed by atoms with Crippen LogP contribution in [0.4, 0.5) is 0 Å². The second-order valence-corrected chi connectivity index (χ2v) is 4.76. The largest absolute Gasteiger partial charge is 0.428 e. The van der Waals surface area contributed by atoms with E-state index in [9.17, 15) is 15.0 Å². The summed E-state index contributed by atoms with van der Waals surface area (Å²) in [5.41, 5.74) is 1.63. The Labute approximate surface area is 121 Å². The van der Waals surface area contributed by atoms with Crippen LogP contribution in [0.2, 0.25) is 0 Å². The van der Waals surface area contributed by atoms with Crippen LogP contribution in [-0.4, -0.2) is 22.5 Å². The first kappa shape index (κ1) is 13.5. The number of hydrogen-bond acceptors (Lipinski definition) is 4. The Morgan fingerprint density at radius 2 is 1.52 bits per heavy atom. The predicted octanol–water partition coefficient (Wildman–Crippen LogP) is 2.05. The highest BCUT2D eigenvalue weighted by molar-refractivity contribution is 6.03. The van der Waals surface area contributed by atoms with Crippen LogP contribution in [0.1, 0.15) is 17.2 Å². The SMILES string of the molecule is O=C1OC(O)C(c2ccccc2)=C1C(O)c1ccccc1. The van der Waals surface area contributed by atoms with Crippen molar-refractivity contribution in [1.82, 2.24) is 0 Å². The molecule has 0 radical (unpaired) electrons. The predicted molar refractivity (Wildman–Crippen MR) is 76.9 cm³/mol. The van der Waals surface area contributed by atoms with E-state index in [1.54, 1.807) is 48.5 Å². The van der Waals surface area contributed by atoms with Gasteiger partial charge in [-0.2, -0.15) is 0 Å². The molecule has 2 atom stereocenters. The third-order valence-corrected chi connectivity index (χ3v) is 3.45. The summed E-state index contributed by atoms with van der Waals surface area (Å²) in [6.07, 6.45) is -2.49. The lowest BCUT2D eigenvalue weighted by molar-refractivity contribution is -0.151. The van der Waals surface area contributed by atoms with Crippen LogP contribution >= 0.6 is 0 Å². The van der Waals surface area contributed by atoms with Gasteiger partial charge in [0.1, 0.15) is 6.10 Å². The molecule has 2 aromatic carbocycles. The molecular formula is C17H14O4. The Hall–Kier alpha value is -2.43. The summed E-state index contributed by atoms with van der Waals surface area (Å²) < 4.78 is 4.87. The smallest absolute Gasteiger partial charge is 0.340 e. The molecule has 2 unspecified atom stereocenters. The fourth-order valence-corrected chi connectivity index (χ4v) is 2.44. The highest BCUT2D eigenvalue weighted by Gasteiger charge is 2.37. The Morgan fingerprint density at radius 3 is 2.14 bits per heavy atom. The summed E-state index contributed by atoms with van der Waals surface area (Å²) >= 11 is 0. The number of aliphatic hydroxyl groups is 2. The lowest BCUT2D eigenvalue weighted by Gasteiger charge is -2.12. The fraction of sp³-hybridized carbons (Fsp3) is 0.118. The molecule has 0 saturated heterocycles. The first-order valence-electron chi connectivity index (χ1n) is 6.60. The molecule has 0 aromatic heterocycles. The summed E-state index contributed by atoms with van der Waals surface area (Å²) in [6.45, 7) is 0. The number of benzene rings is 2. The van der Waals surface area contributed by atoms with E-state index in [0.717, 1.165) is 0 Å². The van der Waals surface area contributed by atoms with Gasteiger partial charge in [0.25, 0.3) is 0 Å². The molecule has 2 aromatic rings. The van der Waals surface area contributed by atoms with Gasteiger partial charge in [0.05, 0.1) is 5.57 Å². The lowest BCUT2D eigenvalue weighted by Crippen LogP contribution is -2.10. The van der Waals surface area contributed by atoms with E-state index >= 15 is 0 Å². The van der Waals surface area contributed by atoms with Crippen LogP contribution in [0.3, 0.4) is 0 Å². The van der Waals surface area contributed by atoms with Crippen LogP contribution in [-0.2, 0) is 9.53 Å². The molecule has 4 nitrogen and oxygen atoms in total. The van der Waals surface area contributed by atoms with E-state index in [2.05, 4.69) is 0 Å². The Morgan fingerprint density at radius 1 is 0.952 bits per heavy atom. The average Bonchev–Trinajstić information content (AvgIpc) is 2.82. The first-order chi connectivity index (χ1) is 10.2. The number of hydrogen-bond donors (Lipinski definition) is 2. The summed E-state index contributed by atoms with van der Waals surface area (Å²) in [4.78, 5) is 12.0. The van der Waals surface area contributed by atoms with Crippen molar-refractivity contribution >= 4 is 11.5 Å². The molecule has 0 fully saturated rings. The van der Waals surface area contributed by atoms with Crippen LogP contribution < -0.4 is 0 Å². The molecule has 21 heavy (non-hydrogen) atoms. The van der Waals surface area contributed by atoms with Gasteiger partial charge in [-0.3, -0.25) is 0 Å². The van der Waals surface area contributed by atoms with Gasteiger partial charge in [-0.05, 0) is 11.1 Å². The maximum Gasteiger partial charge on any atom is 0.340 e. The molecule has 1 aliphatic heterocycles. The van der Waals surface area contributed by atoms with Crippen LogP contribution in [0.25, 0.3) is 5.57 Å². The minimum Gasteiger partial charge on any atom is -0.428 e. The van der Waals surface area contributed by atoms with Gasteiger partial charge in [0.2, 0.25) is 6.29 Å². The number of carbonyl (C=O) groups excluding carboxylic acids is 1. The van der Waals surface area contributed by atoms with Crippen molar-refractivity contribution in [1.29, 1.82) is 0 Å². The topological polar surface area (TPSA) is 66.8 Å². The molecular weight excluding hydrogens is 268 g/mol. The van der Waals surface area contributed by atoms with Gasteiger partial charge < -0.3 is 14.9 Å². The van der Waals surface area contributed by atoms with Crippen molar-refractivity contribution in [2.75, 3.05) is 0 Å². The van der Waals surface area contributed by atoms with Crippen molar-refractivity contribution in [3.63, 3.8) is 0 Å². The standard InChI is InChI=1S/C17H14O4/c18-15(12-9-5-2-6-10-12)14-13(16(19)21-17(14)20)11-7-3-1-4-8-11/h1-10,15-16,18-19H. The van der Waals surface area contributed by atoms with Gasteiger partial charge >= 0.3 is 5.97 Å². The van der Waals surface area contributed by atoms with Gasteiger partial charge in [-0.25, -0.2) is 4.79 Å². The summed E-state index contributed by atoms with van der Waals surface area (Å²) in [7, 11) is 0. The van der Waals surface area contributed by atoms with E-state index < -0.39 is 18.4 Å². The monoisotopic (exact) mass is 282 g/mol. The van der Waals surface area contributed by atoms with E-state index in [1.165, 1.54) is 0 Å². The van der Waals surface area contributed by atoms with Crippen molar-refractivity contribution in [2.24, 2.45) is 0 Å². The normalized spacial score (nSPS) is 19.5. The highest BCUT2D eigenvalue weighted by atomic mass is 16.6. The molecule has 0 spiro atoms. The molecule has 0 aliphatic carbocycles. The average molecular weight is 282 g/mol. The minimum absolute atomic E-state index is 0.0832. The Bertz CT molecular complexity index is 676. The van der Waals surface area contributed by atoms with Crippen molar-refractivity contribution in [2.45, 2.75) is 12.4 Å². The number of carbonyl (C=O) groups is 1. The zero-order valence-corrected chi connectivity index (χ0v) is 11.1. The van der Waals surface area contributed by atoms with Gasteiger partial charge in [-0.1, -0.05) is 60.7 Å². The third kappa shape index (κ3) is 2.46. The van der Waals surface area contributed by atoms with Gasteiger partial charge in [0.15, 0.2) is 0 Å². The van der Waals surface area contributed by atoms with E-state index in [-0.39, 0.29) is 5.57 Å². The molecule has 4 heteroatoms. The molecule has 2 N–H and O–H groups in total. The zero-order valence-electron chi connectivity index (χ0n) is 11.1. The zero-order chi connectivity index (χ0) is 14.8. The summed E-state index contributed by atoms with van der Waals surface area (Å²) in [6, 6.07) is 17.8. The molecule has 3 rings (SSSR count). The van der Waals surface area contributed by atoms with Crippen LogP contribution in [0, 0.1) is 0 Å². The molecule has 1 heterocycles. The summed E-state index contributed by atoms with van der Waals surface area (Å²) in [5.74, 6) is -0.697. The van der Waals surface area contributed by atoms with E-state index in [4.69, 9.17) is 4.74 Å². The van der Waals surface area contributed by atoms with Crippen LogP contribution in [0.15, 0.2) is 66.2 Å². The minimum atomic E-state index is -1.35. The van der Waals surface area contributed by atoms with Gasteiger partial charge in [0, 0.05) is 5.57 Å². The maximum atomic E-state index is 12.0. The fourth-order valence-electron chi connectivity index (χ4n) is 2.44. The molecule has 0 saturated carbocycles. The van der Waals surface area contributed by atoms with Crippen molar-refractivity contribution < 1.29 is 19.7 Å². The Balaban J connectivity index is 2.11. The van der Waals surface area contributed by atoms with Crippen molar-refractivity contribution in [3.05, 3.63) is 77.4 Å². The number of aliphatic hydroxyl groups excluding tert-OH is 2. The first-order valence-corrected chi connectivity index (χ1v) is 6.60. The second-order valence-electron chi connectivity index (χ2n) is 4.76. The number of ether oxygens (including phenoxy) is 1. The molecule has 106 valence electrons. The molecule has 0 amide bonds. The van der Waals surface area contributed by atoms with Gasteiger partial charge in [-0.15, -0.1) is 0 Å². The summed E-state index contributed by atoms with van der Waals surface area (Å²) in [5, 5.41) is 20.4. The van der Waals surface area contributed by atoms with E-state index in [0.29, 0.717) is 16.7 Å². The number of esters is 1. The van der Waals surface area contributed by atoms with Crippen LogP contribution in [0.5, 0.6) is 0 Å².